The number of hydrogen-bond donors (Lipinski definition) is 0. The zero-order valence-electron chi connectivity index (χ0n) is 41.6. The van der Waals surface area contributed by atoms with Crippen molar-refractivity contribution in [2.24, 2.45) is 5.41 Å². The normalized spacial score (nSPS) is 14.9. The first-order valence-corrected chi connectivity index (χ1v) is 17.8. The molecule has 0 atom stereocenters. The van der Waals surface area contributed by atoms with Crippen molar-refractivity contribution in [3.8, 4) is 33.6 Å². The first-order valence-electron chi connectivity index (χ1n) is 22.8. The molecule has 0 aliphatic carbocycles. The second kappa shape index (κ2) is 16.7. The summed E-state index contributed by atoms with van der Waals surface area (Å²) in [7, 11) is 0. The molecular weight excluding hydrogens is 851 g/mol. The molecule has 0 amide bonds. The molecule has 0 fully saturated rings. The molecule has 4 aromatic carbocycles. The Balaban J connectivity index is 0.000000266. The fraction of sp³-hybridized carbons (Fsp3) is 0.220. The fourth-order valence-corrected chi connectivity index (χ4v) is 6.15. The summed E-state index contributed by atoms with van der Waals surface area (Å²) in [5, 5.41) is 1.19. The second-order valence-electron chi connectivity index (χ2n) is 14.4. The summed E-state index contributed by atoms with van der Waals surface area (Å²) in [6, 6.07) is 37.0. The first kappa shape index (κ1) is 28.2. The molecule has 0 N–H and O–H groups in total. The molecule has 8 rings (SSSR count). The molecule has 0 aliphatic rings. The van der Waals surface area contributed by atoms with Crippen molar-refractivity contribution in [2.75, 3.05) is 0 Å². The minimum atomic E-state index is -2.68. The summed E-state index contributed by atoms with van der Waals surface area (Å²) < 4.78 is 88.5. The van der Waals surface area contributed by atoms with Crippen LogP contribution in [0.4, 0.5) is 0 Å². The van der Waals surface area contributed by atoms with Crippen molar-refractivity contribution in [3.63, 3.8) is 0 Å². The Morgan fingerprint density at radius 1 is 0.727 bits per heavy atom. The number of fused-ring (bicyclic) bond motifs is 3. The topological polar surface area (TPSA) is 51.8 Å². The van der Waals surface area contributed by atoms with E-state index < -0.39 is 31.9 Å². The molecule has 4 nitrogen and oxygen atoms in total. The van der Waals surface area contributed by atoms with Gasteiger partial charge in [-0.25, -0.2) is 4.98 Å². The summed E-state index contributed by atoms with van der Waals surface area (Å²) in [5.74, 6) is 0. The molecule has 0 saturated carbocycles. The van der Waals surface area contributed by atoms with E-state index in [9.17, 15) is 0 Å². The van der Waals surface area contributed by atoms with Crippen LogP contribution >= 0.6 is 0 Å². The summed E-state index contributed by atoms with van der Waals surface area (Å²) in [5.41, 5.74) is 8.43. The van der Waals surface area contributed by atoms with Gasteiger partial charge in [0.15, 0.2) is 0 Å². The van der Waals surface area contributed by atoms with Gasteiger partial charge in [-0.15, -0.1) is 47.5 Å². The number of nitrogens with zero attached hydrogens (tertiary/aromatic N) is 3. The number of hydrogen-bond acceptors (Lipinski definition) is 4. The molecule has 0 unspecified atom stereocenters. The standard InChI is InChI=1S/C30H29N2O.C20H18N.Ir/c1-19-18-31-27(16-23(19)15-21-10-12-22(13-11-21)17-30(3,4)5)26-8-6-7-24-25-14-9-20(2)32-29(25)33-28(24)26;1-14-9-10-18(20-11-15(2)16(3)13-21-20)12-19(14)17-7-5-4-6-8-17;/h6-7,9-14,16,18H,15,17H2,1-5H3;4-9,11-13H,1-3H3;/q2*-1;/i1D3,2D3,15D2,17D2;;. The molecule has 0 aliphatic heterocycles. The zero-order valence-corrected chi connectivity index (χ0v) is 33.9. The van der Waals surface area contributed by atoms with E-state index >= 15 is 0 Å². The van der Waals surface area contributed by atoms with Crippen molar-refractivity contribution >= 4 is 22.1 Å². The van der Waals surface area contributed by atoms with Gasteiger partial charge >= 0.3 is 0 Å². The van der Waals surface area contributed by atoms with Crippen molar-refractivity contribution in [3.05, 3.63) is 172 Å². The van der Waals surface area contributed by atoms with Crippen molar-refractivity contribution in [1.29, 1.82) is 0 Å². The van der Waals surface area contributed by atoms with Gasteiger partial charge in [0.25, 0.3) is 0 Å². The van der Waals surface area contributed by atoms with Gasteiger partial charge in [0.05, 0.1) is 5.58 Å². The summed E-state index contributed by atoms with van der Waals surface area (Å²) in [6.45, 7) is 6.56. The van der Waals surface area contributed by atoms with E-state index in [4.69, 9.17) is 18.1 Å². The monoisotopic (exact) mass is 908 g/mol. The Morgan fingerprint density at radius 2 is 1.47 bits per heavy atom. The van der Waals surface area contributed by atoms with Gasteiger partial charge in [-0.05, 0) is 103 Å². The van der Waals surface area contributed by atoms with Crippen LogP contribution in [-0.2, 0) is 32.9 Å². The summed E-state index contributed by atoms with van der Waals surface area (Å²) in [6.07, 6.45) is -0.929. The Bertz CT molecular complexity index is 2990. The smallest absolute Gasteiger partial charge is 0.216 e. The van der Waals surface area contributed by atoms with Crippen LogP contribution in [0.25, 0.3) is 55.7 Å². The Morgan fingerprint density at radius 3 is 2.20 bits per heavy atom. The maximum absolute atomic E-state index is 9.07. The van der Waals surface area contributed by atoms with E-state index in [-0.39, 0.29) is 53.9 Å². The molecule has 1 radical (unpaired) electrons. The molecule has 55 heavy (non-hydrogen) atoms. The molecule has 0 bridgehead atoms. The van der Waals surface area contributed by atoms with E-state index in [1.54, 1.807) is 39.0 Å². The predicted molar refractivity (Wildman–Crippen MR) is 224 cm³/mol. The van der Waals surface area contributed by atoms with E-state index in [1.807, 2.05) is 12.3 Å². The molecule has 5 heteroatoms. The number of pyridine rings is 3. The van der Waals surface area contributed by atoms with Crippen molar-refractivity contribution < 1.29 is 38.2 Å². The van der Waals surface area contributed by atoms with Crippen molar-refractivity contribution in [1.82, 2.24) is 15.0 Å². The Labute approximate surface area is 353 Å². The average molecular weight is 908 g/mol. The largest absolute Gasteiger partial charge is 0.486 e. The molecule has 0 saturated heterocycles. The van der Waals surface area contributed by atoms with Crippen LogP contribution in [0.1, 0.15) is 79.1 Å². The number of aryl methyl sites for hydroxylation is 5. The Hall–Kier alpha value is -5.22. The Kier molecular flexibility index (Phi) is 8.55. The van der Waals surface area contributed by atoms with Gasteiger partial charge in [-0.1, -0.05) is 117 Å². The number of rotatable bonds is 6. The minimum absolute atomic E-state index is 0. The molecule has 8 aromatic rings. The number of aromatic nitrogens is 3. The van der Waals surface area contributed by atoms with E-state index in [0.717, 1.165) is 17.5 Å². The maximum atomic E-state index is 9.07. The van der Waals surface area contributed by atoms with Gasteiger partial charge in [0, 0.05) is 57.3 Å². The third-order valence-corrected chi connectivity index (χ3v) is 9.03. The molecule has 4 heterocycles. The molecular formula is C50H47IrN3O-2. The van der Waals surface area contributed by atoms with Gasteiger partial charge < -0.3 is 14.4 Å². The van der Waals surface area contributed by atoms with Crippen LogP contribution in [0, 0.1) is 52.0 Å². The van der Waals surface area contributed by atoms with Crippen LogP contribution in [0.3, 0.4) is 0 Å². The third-order valence-electron chi connectivity index (χ3n) is 9.03. The fourth-order valence-electron chi connectivity index (χ4n) is 6.15. The van der Waals surface area contributed by atoms with Crippen LogP contribution in [0.15, 0.2) is 120 Å². The quantitative estimate of drug-likeness (QED) is 0.156. The summed E-state index contributed by atoms with van der Waals surface area (Å²) >= 11 is 0. The van der Waals surface area contributed by atoms with E-state index in [1.165, 1.54) is 64.2 Å². The van der Waals surface area contributed by atoms with Crippen molar-refractivity contribution in [2.45, 2.75) is 68.0 Å². The maximum Gasteiger partial charge on any atom is 0.216 e. The van der Waals surface area contributed by atoms with Crippen LogP contribution in [-0.4, -0.2) is 15.0 Å². The van der Waals surface area contributed by atoms with Gasteiger partial charge in [-0.3, -0.25) is 0 Å². The third kappa shape index (κ3) is 9.19. The average Bonchev–Trinajstić information content (AvgIpc) is 3.63. The van der Waals surface area contributed by atoms with Gasteiger partial charge in [0.1, 0.15) is 0 Å². The molecule has 0 spiro atoms. The number of furan rings is 1. The molecule has 279 valence electrons. The minimum Gasteiger partial charge on any atom is -0.486 e. The second-order valence-corrected chi connectivity index (χ2v) is 14.4. The van der Waals surface area contributed by atoms with Crippen LogP contribution < -0.4 is 0 Å². The zero-order chi connectivity index (χ0) is 46.6. The first-order chi connectivity index (χ1) is 29.9. The van der Waals surface area contributed by atoms with Gasteiger partial charge in [0.2, 0.25) is 5.71 Å². The molecule has 4 aromatic heterocycles. The number of benzene rings is 4. The predicted octanol–water partition coefficient (Wildman–Crippen LogP) is 12.8. The van der Waals surface area contributed by atoms with Gasteiger partial charge in [-0.2, -0.15) is 0 Å². The van der Waals surface area contributed by atoms with E-state index in [2.05, 4.69) is 90.3 Å². The van der Waals surface area contributed by atoms with Crippen LogP contribution in [0.5, 0.6) is 0 Å². The summed E-state index contributed by atoms with van der Waals surface area (Å²) in [4.78, 5) is 13.1. The SMILES string of the molecule is Cc1cnc(-c2[c-]cc(C)c(-c3ccccc3)c2)cc1C.[2H]C([2H])([2H])c1ccc2c(n1)oc1c(-c3cc(C([2H])([2H])c4ccc(C([2H])([2H])C(C)(C)C)cc4)c(C([2H])([2H])[2H])cn3)[c-]ccc12.[Ir]. The van der Waals surface area contributed by atoms with Crippen LogP contribution in [0.2, 0.25) is 0 Å². The van der Waals surface area contributed by atoms with E-state index in [0.29, 0.717) is 27.5 Å².